The zero-order valence-electron chi connectivity index (χ0n) is 11.2. The van der Waals surface area contributed by atoms with Gasteiger partial charge in [0.05, 0.1) is 5.39 Å². The largest absolute Gasteiger partial charge is 0.453 e. The lowest BCUT2D eigenvalue weighted by Crippen LogP contribution is -2.10. The lowest BCUT2D eigenvalue weighted by Gasteiger charge is -2.03. The van der Waals surface area contributed by atoms with Gasteiger partial charge in [-0.2, -0.15) is 0 Å². The fraction of sp³-hybridized carbons (Fsp3) is 0.133. The van der Waals surface area contributed by atoms with Crippen molar-refractivity contribution in [3.05, 3.63) is 63.8 Å². The molecule has 0 unspecified atom stereocenters. The Balaban J connectivity index is 1.83. The van der Waals surface area contributed by atoms with Gasteiger partial charge in [0.25, 0.3) is 0 Å². The molecule has 1 aromatic carbocycles. The summed E-state index contributed by atoms with van der Waals surface area (Å²) < 4.78 is 15.3. The van der Waals surface area contributed by atoms with Crippen molar-refractivity contribution in [2.45, 2.75) is 13.5 Å². The van der Waals surface area contributed by atoms with Crippen LogP contribution in [0.25, 0.3) is 11.0 Å². The number of hydrogen-bond acceptors (Lipinski definition) is 6. The SMILES string of the molecule is Cc1cc(COC(=O)c2cc(=O)c3ccccc3o2)no1. The van der Waals surface area contributed by atoms with E-state index in [0.717, 1.165) is 6.07 Å². The van der Waals surface area contributed by atoms with E-state index < -0.39 is 5.97 Å². The van der Waals surface area contributed by atoms with Crippen LogP contribution in [0.15, 0.2) is 50.1 Å². The van der Waals surface area contributed by atoms with Crippen LogP contribution in [-0.2, 0) is 11.3 Å². The standard InChI is InChI=1S/C15H11NO5/c1-9-6-10(16-21-9)8-19-15(18)14-7-12(17)11-4-2-3-5-13(11)20-14/h2-7H,8H2,1H3. The van der Waals surface area contributed by atoms with Crippen LogP contribution in [0.2, 0.25) is 0 Å². The highest BCUT2D eigenvalue weighted by atomic mass is 16.5. The van der Waals surface area contributed by atoms with E-state index in [2.05, 4.69) is 5.16 Å². The van der Waals surface area contributed by atoms with Crippen molar-refractivity contribution in [1.29, 1.82) is 0 Å². The van der Waals surface area contributed by atoms with Gasteiger partial charge in [-0.1, -0.05) is 17.3 Å². The molecule has 0 aliphatic heterocycles. The molecule has 2 heterocycles. The van der Waals surface area contributed by atoms with E-state index in [1.165, 1.54) is 0 Å². The Kier molecular flexibility index (Phi) is 3.27. The molecule has 0 aliphatic carbocycles. The first-order valence-electron chi connectivity index (χ1n) is 6.26. The fourth-order valence-electron chi connectivity index (χ4n) is 1.90. The predicted octanol–water partition coefficient (Wildman–Crippen LogP) is 2.45. The Labute approximate surface area is 118 Å². The molecule has 0 aliphatic rings. The molecule has 106 valence electrons. The van der Waals surface area contributed by atoms with E-state index >= 15 is 0 Å². The topological polar surface area (TPSA) is 82.5 Å². The van der Waals surface area contributed by atoms with Crippen LogP contribution in [-0.4, -0.2) is 11.1 Å². The molecule has 2 aromatic heterocycles. The van der Waals surface area contributed by atoms with Gasteiger partial charge in [0.2, 0.25) is 5.76 Å². The van der Waals surface area contributed by atoms with E-state index in [-0.39, 0.29) is 17.8 Å². The second-order valence-electron chi connectivity index (χ2n) is 4.48. The summed E-state index contributed by atoms with van der Waals surface area (Å²) in [6, 6.07) is 9.48. The first kappa shape index (κ1) is 13.1. The Bertz CT molecular complexity index is 862. The van der Waals surface area contributed by atoms with Gasteiger partial charge < -0.3 is 13.7 Å². The van der Waals surface area contributed by atoms with Gasteiger partial charge in [-0.05, 0) is 19.1 Å². The van der Waals surface area contributed by atoms with Gasteiger partial charge in [0.15, 0.2) is 5.43 Å². The first-order valence-corrected chi connectivity index (χ1v) is 6.26. The number of carbonyl (C=O) groups excluding carboxylic acids is 1. The maximum atomic E-state index is 11.9. The third-order valence-electron chi connectivity index (χ3n) is 2.86. The molecule has 0 atom stereocenters. The minimum absolute atomic E-state index is 0.0489. The van der Waals surface area contributed by atoms with Gasteiger partial charge in [-0.25, -0.2) is 4.79 Å². The van der Waals surface area contributed by atoms with Crippen LogP contribution in [0.4, 0.5) is 0 Å². The molecule has 0 amide bonds. The number of benzene rings is 1. The summed E-state index contributed by atoms with van der Waals surface area (Å²) >= 11 is 0. The molecule has 3 rings (SSSR count). The number of aryl methyl sites for hydroxylation is 1. The van der Waals surface area contributed by atoms with Crippen molar-refractivity contribution < 1.29 is 18.5 Å². The van der Waals surface area contributed by atoms with E-state index in [1.807, 2.05) is 0 Å². The van der Waals surface area contributed by atoms with Crippen molar-refractivity contribution >= 4 is 16.9 Å². The summed E-state index contributed by atoms with van der Waals surface area (Å²) in [4.78, 5) is 23.8. The zero-order chi connectivity index (χ0) is 14.8. The van der Waals surface area contributed by atoms with Crippen molar-refractivity contribution in [3.8, 4) is 0 Å². The Morgan fingerprint density at radius 1 is 1.29 bits per heavy atom. The number of esters is 1. The second-order valence-corrected chi connectivity index (χ2v) is 4.48. The van der Waals surface area contributed by atoms with Crippen molar-refractivity contribution in [3.63, 3.8) is 0 Å². The Morgan fingerprint density at radius 3 is 2.86 bits per heavy atom. The molecule has 0 fully saturated rings. The molecule has 0 spiro atoms. The van der Waals surface area contributed by atoms with E-state index in [0.29, 0.717) is 22.4 Å². The van der Waals surface area contributed by atoms with Crippen molar-refractivity contribution in [1.82, 2.24) is 5.16 Å². The second kappa shape index (κ2) is 5.24. The number of rotatable bonds is 3. The van der Waals surface area contributed by atoms with Crippen molar-refractivity contribution in [2.75, 3.05) is 0 Å². The number of fused-ring (bicyclic) bond motifs is 1. The van der Waals surface area contributed by atoms with Crippen LogP contribution in [0, 0.1) is 6.92 Å². The monoisotopic (exact) mass is 285 g/mol. The third-order valence-corrected chi connectivity index (χ3v) is 2.86. The van der Waals surface area contributed by atoms with E-state index in [1.54, 1.807) is 37.3 Å². The maximum Gasteiger partial charge on any atom is 0.374 e. The summed E-state index contributed by atoms with van der Waals surface area (Å²) in [6.07, 6.45) is 0. The maximum absolute atomic E-state index is 11.9. The number of hydrogen-bond donors (Lipinski definition) is 0. The molecular formula is C15H11NO5. The highest BCUT2D eigenvalue weighted by Gasteiger charge is 2.14. The number of ether oxygens (including phenoxy) is 1. The van der Waals surface area contributed by atoms with Gasteiger partial charge >= 0.3 is 5.97 Å². The molecule has 6 heteroatoms. The Morgan fingerprint density at radius 2 is 2.10 bits per heavy atom. The molecule has 21 heavy (non-hydrogen) atoms. The number of para-hydroxylation sites is 1. The smallest absolute Gasteiger partial charge is 0.374 e. The summed E-state index contributed by atoms with van der Waals surface area (Å²) in [7, 11) is 0. The highest BCUT2D eigenvalue weighted by Crippen LogP contribution is 2.13. The normalized spacial score (nSPS) is 10.7. The minimum atomic E-state index is -0.724. The molecule has 0 bridgehead atoms. The van der Waals surface area contributed by atoms with Crippen LogP contribution < -0.4 is 5.43 Å². The zero-order valence-corrected chi connectivity index (χ0v) is 11.2. The number of carbonyl (C=O) groups is 1. The molecule has 0 saturated heterocycles. The van der Waals surface area contributed by atoms with Gasteiger partial charge in [0.1, 0.15) is 23.6 Å². The lowest BCUT2D eigenvalue weighted by molar-refractivity contribution is 0.0428. The molecule has 3 aromatic rings. The quantitative estimate of drug-likeness (QED) is 0.687. The molecule has 6 nitrogen and oxygen atoms in total. The highest BCUT2D eigenvalue weighted by molar-refractivity contribution is 5.88. The van der Waals surface area contributed by atoms with Gasteiger partial charge in [-0.15, -0.1) is 0 Å². The minimum Gasteiger partial charge on any atom is -0.453 e. The number of nitrogens with zero attached hydrogens (tertiary/aromatic N) is 1. The first-order chi connectivity index (χ1) is 10.1. The Hall–Kier alpha value is -2.89. The average molecular weight is 285 g/mol. The molecule has 0 radical (unpaired) electrons. The van der Waals surface area contributed by atoms with Crippen molar-refractivity contribution in [2.24, 2.45) is 0 Å². The molecular weight excluding hydrogens is 274 g/mol. The summed E-state index contributed by atoms with van der Waals surface area (Å²) in [5.74, 6) is -0.240. The van der Waals surface area contributed by atoms with Crippen LogP contribution in [0.3, 0.4) is 0 Å². The summed E-state index contributed by atoms with van der Waals surface area (Å²) in [5.41, 5.74) is 0.541. The predicted molar refractivity (Wildman–Crippen MR) is 72.8 cm³/mol. The molecule has 0 saturated carbocycles. The van der Waals surface area contributed by atoms with Gasteiger partial charge in [-0.3, -0.25) is 4.79 Å². The fourth-order valence-corrected chi connectivity index (χ4v) is 1.90. The average Bonchev–Trinajstić information content (AvgIpc) is 2.90. The molecule has 0 N–H and O–H groups in total. The summed E-state index contributed by atoms with van der Waals surface area (Å²) in [6.45, 7) is 1.69. The third kappa shape index (κ3) is 2.69. The van der Waals surface area contributed by atoms with Crippen LogP contribution >= 0.6 is 0 Å². The lowest BCUT2D eigenvalue weighted by atomic mass is 10.2. The van der Waals surface area contributed by atoms with Gasteiger partial charge in [0, 0.05) is 12.1 Å². The van der Waals surface area contributed by atoms with Crippen LogP contribution in [0.1, 0.15) is 22.0 Å². The number of aromatic nitrogens is 1. The van der Waals surface area contributed by atoms with E-state index in [4.69, 9.17) is 13.7 Å². The summed E-state index contributed by atoms with van der Waals surface area (Å²) in [5, 5.41) is 4.12. The van der Waals surface area contributed by atoms with Crippen LogP contribution in [0.5, 0.6) is 0 Å². The van der Waals surface area contributed by atoms with E-state index in [9.17, 15) is 9.59 Å².